The Morgan fingerprint density at radius 1 is 1.47 bits per heavy atom. The first kappa shape index (κ1) is 9.70. The molecular formula is C9H12N4O2. The highest BCUT2D eigenvalue weighted by Gasteiger charge is 2.12. The maximum atomic E-state index is 11.6. The molecule has 6 nitrogen and oxygen atoms in total. The normalized spacial score (nSPS) is 10.9. The topological polar surface area (TPSA) is 61.9 Å². The van der Waals surface area contributed by atoms with E-state index in [9.17, 15) is 4.79 Å². The monoisotopic (exact) mass is 208 g/mol. The number of nitrogens with zero attached hydrogens (tertiary/aromatic N) is 4. The van der Waals surface area contributed by atoms with Crippen LogP contribution < -0.4 is 10.3 Å². The van der Waals surface area contributed by atoms with E-state index in [1.54, 1.807) is 29.6 Å². The summed E-state index contributed by atoms with van der Waals surface area (Å²) in [6, 6.07) is 0.300. The molecule has 0 N–H and O–H groups in total. The van der Waals surface area contributed by atoms with Crippen LogP contribution in [0.5, 0.6) is 6.01 Å². The summed E-state index contributed by atoms with van der Waals surface area (Å²) in [5.74, 6) is 0. The predicted molar refractivity (Wildman–Crippen MR) is 54.9 cm³/mol. The molecule has 0 aromatic carbocycles. The van der Waals surface area contributed by atoms with Crippen LogP contribution in [0.3, 0.4) is 0 Å². The lowest BCUT2D eigenvalue weighted by atomic mass is 10.5. The van der Waals surface area contributed by atoms with Crippen LogP contribution in [0.1, 0.15) is 6.92 Å². The van der Waals surface area contributed by atoms with E-state index in [-0.39, 0.29) is 5.56 Å². The van der Waals surface area contributed by atoms with E-state index in [2.05, 4.69) is 9.97 Å². The van der Waals surface area contributed by atoms with Crippen LogP contribution in [0.25, 0.3) is 11.2 Å². The number of fused-ring (bicyclic) bond motifs is 1. The molecule has 80 valence electrons. The fraction of sp³-hybridized carbons (Fsp3) is 0.444. The third-order valence-corrected chi connectivity index (χ3v) is 2.20. The molecule has 0 aliphatic rings. The molecule has 0 bridgehead atoms. The Kier molecular flexibility index (Phi) is 2.18. The number of hydrogen-bond acceptors (Lipinski definition) is 4. The molecular weight excluding hydrogens is 196 g/mol. The van der Waals surface area contributed by atoms with Crippen molar-refractivity contribution in [1.29, 1.82) is 0 Å². The van der Waals surface area contributed by atoms with Crippen LogP contribution in [0, 0.1) is 0 Å². The van der Waals surface area contributed by atoms with E-state index in [0.717, 1.165) is 0 Å². The van der Waals surface area contributed by atoms with Crippen molar-refractivity contribution in [2.24, 2.45) is 14.1 Å². The van der Waals surface area contributed by atoms with Gasteiger partial charge in [0.2, 0.25) is 0 Å². The second-order valence-electron chi connectivity index (χ2n) is 3.22. The minimum atomic E-state index is -0.313. The summed E-state index contributed by atoms with van der Waals surface area (Å²) in [7, 11) is 3.53. The lowest BCUT2D eigenvalue weighted by Gasteiger charge is -2.07. The highest BCUT2D eigenvalue weighted by molar-refractivity contribution is 5.70. The summed E-state index contributed by atoms with van der Waals surface area (Å²) in [6.45, 7) is 2.31. The summed E-state index contributed by atoms with van der Waals surface area (Å²) in [4.78, 5) is 19.6. The maximum absolute atomic E-state index is 11.6. The van der Waals surface area contributed by atoms with Crippen LogP contribution in [-0.2, 0) is 14.1 Å². The van der Waals surface area contributed by atoms with E-state index >= 15 is 0 Å². The van der Waals surface area contributed by atoms with Crippen LogP contribution >= 0.6 is 0 Å². The molecule has 0 aliphatic heterocycles. The maximum Gasteiger partial charge on any atom is 0.302 e. The van der Waals surface area contributed by atoms with Gasteiger partial charge in [0.05, 0.1) is 12.9 Å². The fourth-order valence-electron chi connectivity index (χ4n) is 1.47. The van der Waals surface area contributed by atoms with Gasteiger partial charge in [-0.3, -0.25) is 9.36 Å². The molecule has 0 radical (unpaired) electrons. The smallest absolute Gasteiger partial charge is 0.302 e. The molecule has 0 atom stereocenters. The van der Waals surface area contributed by atoms with Crippen molar-refractivity contribution in [3.63, 3.8) is 0 Å². The molecule has 2 rings (SSSR count). The Morgan fingerprint density at radius 3 is 2.87 bits per heavy atom. The minimum Gasteiger partial charge on any atom is -0.465 e. The molecule has 2 heterocycles. The van der Waals surface area contributed by atoms with Gasteiger partial charge in [0.1, 0.15) is 0 Å². The van der Waals surface area contributed by atoms with Crippen molar-refractivity contribution >= 4 is 11.2 Å². The first-order valence-corrected chi connectivity index (χ1v) is 4.66. The Balaban J connectivity index is 2.80. The second kappa shape index (κ2) is 3.38. The van der Waals surface area contributed by atoms with E-state index in [4.69, 9.17) is 4.74 Å². The lowest BCUT2D eigenvalue weighted by molar-refractivity contribution is 0.299. The third kappa shape index (κ3) is 1.38. The molecule has 6 heteroatoms. The Labute approximate surface area is 86.1 Å². The number of aryl methyl sites for hydroxylation is 2. The molecule has 0 saturated heterocycles. The first-order chi connectivity index (χ1) is 7.15. The molecule has 0 amide bonds. The third-order valence-electron chi connectivity index (χ3n) is 2.20. The van der Waals surface area contributed by atoms with Crippen LogP contribution in [-0.4, -0.2) is 25.7 Å². The van der Waals surface area contributed by atoms with E-state index in [0.29, 0.717) is 23.8 Å². The van der Waals surface area contributed by atoms with Crippen molar-refractivity contribution in [3.05, 3.63) is 16.7 Å². The largest absolute Gasteiger partial charge is 0.465 e. The van der Waals surface area contributed by atoms with Gasteiger partial charge in [-0.1, -0.05) is 0 Å². The number of aromatic nitrogens is 4. The van der Waals surface area contributed by atoms with Crippen molar-refractivity contribution < 1.29 is 4.74 Å². The zero-order valence-electron chi connectivity index (χ0n) is 8.89. The second-order valence-corrected chi connectivity index (χ2v) is 3.22. The van der Waals surface area contributed by atoms with Gasteiger partial charge in [-0.15, -0.1) is 0 Å². The number of imidazole rings is 1. The van der Waals surface area contributed by atoms with Gasteiger partial charge in [0, 0.05) is 14.1 Å². The molecule has 2 aromatic heterocycles. The minimum absolute atomic E-state index is 0.300. The Hall–Kier alpha value is -1.85. The number of ether oxygens (including phenoxy) is 1. The van der Waals surface area contributed by atoms with E-state index in [1.807, 2.05) is 6.92 Å². The van der Waals surface area contributed by atoms with Crippen molar-refractivity contribution in [3.8, 4) is 6.01 Å². The molecule has 0 unspecified atom stereocenters. The van der Waals surface area contributed by atoms with Gasteiger partial charge in [-0.2, -0.15) is 4.98 Å². The van der Waals surface area contributed by atoms with Crippen molar-refractivity contribution in [1.82, 2.24) is 19.1 Å². The summed E-state index contributed by atoms with van der Waals surface area (Å²) in [6.07, 6.45) is 1.59. The van der Waals surface area contributed by atoms with Crippen LogP contribution in [0.2, 0.25) is 0 Å². The zero-order valence-corrected chi connectivity index (χ0v) is 8.89. The molecule has 2 aromatic rings. The Morgan fingerprint density at radius 2 is 2.20 bits per heavy atom. The summed E-state index contributed by atoms with van der Waals surface area (Å²) in [5, 5.41) is 0. The van der Waals surface area contributed by atoms with Crippen LogP contribution in [0.4, 0.5) is 0 Å². The predicted octanol–water partition coefficient (Wildman–Crippen LogP) is 0.0657. The lowest BCUT2D eigenvalue weighted by Crippen LogP contribution is -2.16. The fourth-order valence-corrected chi connectivity index (χ4v) is 1.47. The SMILES string of the molecule is CCOc1nc(=O)c2c(ncn2C)n1C. The van der Waals surface area contributed by atoms with Gasteiger partial charge in [-0.05, 0) is 6.92 Å². The average molecular weight is 208 g/mol. The van der Waals surface area contributed by atoms with Gasteiger partial charge in [0.25, 0.3) is 0 Å². The van der Waals surface area contributed by atoms with Crippen LogP contribution in [0.15, 0.2) is 11.1 Å². The number of hydrogen-bond donors (Lipinski definition) is 0. The van der Waals surface area contributed by atoms with Gasteiger partial charge in [-0.25, -0.2) is 4.98 Å². The summed E-state index contributed by atoms with van der Waals surface area (Å²) < 4.78 is 8.56. The van der Waals surface area contributed by atoms with Gasteiger partial charge in [0.15, 0.2) is 11.2 Å². The quantitative estimate of drug-likeness (QED) is 0.700. The van der Waals surface area contributed by atoms with E-state index in [1.165, 1.54) is 0 Å². The van der Waals surface area contributed by atoms with Crippen molar-refractivity contribution in [2.45, 2.75) is 6.92 Å². The first-order valence-electron chi connectivity index (χ1n) is 4.66. The number of rotatable bonds is 2. The molecule has 0 saturated carbocycles. The highest BCUT2D eigenvalue weighted by atomic mass is 16.5. The molecule has 0 spiro atoms. The standard InChI is InChI=1S/C9H12N4O2/c1-4-15-9-11-8(14)6-7(13(9)3)10-5-12(6)2/h5H,4H2,1-3H3. The van der Waals surface area contributed by atoms with E-state index < -0.39 is 0 Å². The van der Waals surface area contributed by atoms with Crippen molar-refractivity contribution in [2.75, 3.05) is 6.61 Å². The zero-order chi connectivity index (χ0) is 11.0. The molecule has 15 heavy (non-hydrogen) atoms. The highest BCUT2D eigenvalue weighted by Crippen LogP contribution is 2.11. The van der Waals surface area contributed by atoms with Gasteiger partial charge < -0.3 is 9.30 Å². The molecule has 0 aliphatic carbocycles. The Bertz CT molecular complexity index is 555. The average Bonchev–Trinajstić information content (AvgIpc) is 2.57. The summed E-state index contributed by atoms with van der Waals surface area (Å²) in [5.41, 5.74) is 0.758. The molecule has 0 fully saturated rings. The van der Waals surface area contributed by atoms with Gasteiger partial charge >= 0.3 is 11.6 Å². The summed E-state index contributed by atoms with van der Waals surface area (Å²) >= 11 is 0.